The van der Waals surface area contributed by atoms with E-state index in [9.17, 15) is 14.4 Å². The highest BCUT2D eigenvalue weighted by Crippen LogP contribution is 2.26. The number of nitrogens with zero attached hydrogens (tertiary/aromatic N) is 3. The van der Waals surface area contributed by atoms with Crippen LogP contribution in [0.25, 0.3) is 0 Å². The van der Waals surface area contributed by atoms with E-state index in [4.69, 9.17) is 0 Å². The number of hydrogen-bond acceptors (Lipinski definition) is 6. The van der Waals surface area contributed by atoms with Gasteiger partial charge in [0, 0.05) is 17.4 Å². The molecule has 2 aromatic rings. The Bertz CT molecular complexity index is 852. The summed E-state index contributed by atoms with van der Waals surface area (Å²) in [6.45, 7) is 2.17. The van der Waals surface area contributed by atoms with Gasteiger partial charge in [-0.15, -0.1) is 10.2 Å². The van der Waals surface area contributed by atoms with E-state index in [1.807, 2.05) is 6.92 Å². The number of imide groups is 1. The molecule has 2 heterocycles. The Morgan fingerprint density at radius 1 is 1.24 bits per heavy atom. The molecule has 1 aromatic heterocycles. The Hall–Kier alpha value is -2.13. The fraction of sp³-hybridized carbons (Fsp3) is 0.312. The van der Waals surface area contributed by atoms with Crippen molar-refractivity contribution in [3.05, 3.63) is 38.8 Å². The molecule has 3 amide bonds. The van der Waals surface area contributed by atoms with Gasteiger partial charge in [0.15, 0.2) is 0 Å². The number of halogens is 1. The van der Waals surface area contributed by atoms with Gasteiger partial charge in [0.1, 0.15) is 5.01 Å². The van der Waals surface area contributed by atoms with Crippen LogP contribution in [-0.4, -0.2) is 39.4 Å². The van der Waals surface area contributed by atoms with Gasteiger partial charge in [-0.3, -0.25) is 19.3 Å². The molecular formula is C16H15BrN4O3S. The van der Waals surface area contributed by atoms with Crippen molar-refractivity contribution in [1.29, 1.82) is 0 Å². The minimum Gasteiger partial charge on any atom is -0.301 e. The number of aromatic nitrogens is 2. The van der Waals surface area contributed by atoms with Gasteiger partial charge in [-0.05, 0) is 31.0 Å². The monoisotopic (exact) mass is 422 g/mol. The molecule has 1 aliphatic rings. The number of hydrogen-bond donors (Lipinski definition) is 1. The lowest BCUT2D eigenvalue weighted by Gasteiger charge is -2.13. The first kappa shape index (κ1) is 17.7. The molecule has 0 radical (unpaired) electrons. The number of aryl methyl sites for hydroxylation is 1. The second-order valence-electron chi connectivity index (χ2n) is 5.46. The molecule has 0 bridgehead atoms. The lowest BCUT2D eigenvalue weighted by molar-refractivity contribution is -0.116. The van der Waals surface area contributed by atoms with Crippen LogP contribution in [0.4, 0.5) is 5.13 Å². The summed E-state index contributed by atoms with van der Waals surface area (Å²) in [5.41, 5.74) is 0.795. The van der Waals surface area contributed by atoms with Gasteiger partial charge in [-0.2, -0.15) is 0 Å². The summed E-state index contributed by atoms with van der Waals surface area (Å²) in [7, 11) is 0. The van der Waals surface area contributed by atoms with Crippen molar-refractivity contribution in [3.8, 4) is 0 Å². The maximum Gasteiger partial charge on any atom is 0.261 e. The molecule has 7 nitrogen and oxygen atoms in total. The SMILES string of the molecule is CCc1nnc(NC(=O)CCCN2C(=O)c3ccc(Br)cc3C2=O)s1. The molecule has 0 saturated carbocycles. The Balaban J connectivity index is 1.53. The van der Waals surface area contributed by atoms with Gasteiger partial charge < -0.3 is 5.32 Å². The maximum absolute atomic E-state index is 12.3. The fourth-order valence-corrected chi connectivity index (χ4v) is 3.55. The van der Waals surface area contributed by atoms with Crippen molar-refractivity contribution in [2.24, 2.45) is 0 Å². The zero-order chi connectivity index (χ0) is 18.0. The molecule has 25 heavy (non-hydrogen) atoms. The average molecular weight is 423 g/mol. The van der Waals surface area contributed by atoms with Crippen molar-refractivity contribution >= 4 is 50.1 Å². The smallest absolute Gasteiger partial charge is 0.261 e. The van der Waals surface area contributed by atoms with E-state index in [2.05, 4.69) is 31.4 Å². The van der Waals surface area contributed by atoms with Gasteiger partial charge in [-0.1, -0.05) is 34.2 Å². The molecule has 130 valence electrons. The zero-order valence-corrected chi connectivity index (χ0v) is 15.8. The predicted molar refractivity (Wildman–Crippen MR) is 96.7 cm³/mol. The Morgan fingerprint density at radius 2 is 2.00 bits per heavy atom. The summed E-state index contributed by atoms with van der Waals surface area (Å²) in [5, 5.41) is 11.8. The number of benzene rings is 1. The number of carbonyl (C=O) groups excluding carboxylic acids is 3. The third-order valence-electron chi connectivity index (χ3n) is 3.73. The van der Waals surface area contributed by atoms with E-state index in [0.717, 1.165) is 15.9 Å². The van der Waals surface area contributed by atoms with E-state index in [1.165, 1.54) is 16.2 Å². The van der Waals surface area contributed by atoms with E-state index in [-0.39, 0.29) is 30.7 Å². The highest BCUT2D eigenvalue weighted by atomic mass is 79.9. The van der Waals surface area contributed by atoms with Crippen LogP contribution >= 0.6 is 27.3 Å². The largest absolute Gasteiger partial charge is 0.301 e. The minimum atomic E-state index is -0.321. The van der Waals surface area contributed by atoms with Crippen molar-refractivity contribution in [2.75, 3.05) is 11.9 Å². The van der Waals surface area contributed by atoms with Crippen LogP contribution in [0, 0.1) is 0 Å². The number of rotatable bonds is 6. The number of fused-ring (bicyclic) bond motifs is 1. The van der Waals surface area contributed by atoms with Crippen LogP contribution in [-0.2, 0) is 11.2 Å². The van der Waals surface area contributed by atoms with E-state index < -0.39 is 0 Å². The summed E-state index contributed by atoms with van der Waals surface area (Å²) < 4.78 is 0.747. The van der Waals surface area contributed by atoms with Crippen molar-refractivity contribution in [2.45, 2.75) is 26.2 Å². The molecule has 1 N–H and O–H groups in total. The summed E-state index contributed by atoms with van der Waals surface area (Å²) in [4.78, 5) is 37.8. The topological polar surface area (TPSA) is 92.3 Å². The molecule has 0 saturated heterocycles. The first-order valence-corrected chi connectivity index (χ1v) is 9.38. The number of anilines is 1. The second kappa shape index (κ2) is 7.40. The summed E-state index contributed by atoms with van der Waals surface area (Å²) >= 11 is 4.63. The van der Waals surface area contributed by atoms with Gasteiger partial charge in [0.05, 0.1) is 11.1 Å². The summed E-state index contributed by atoms with van der Waals surface area (Å²) in [5.74, 6) is -0.846. The average Bonchev–Trinajstić information content (AvgIpc) is 3.13. The van der Waals surface area contributed by atoms with Gasteiger partial charge in [0.2, 0.25) is 11.0 Å². The number of carbonyl (C=O) groups is 3. The normalized spacial score (nSPS) is 13.3. The van der Waals surface area contributed by atoms with Gasteiger partial charge in [0.25, 0.3) is 11.8 Å². The Morgan fingerprint density at radius 3 is 2.72 bits per heavy atom. The van der Waals surface area contributed by atoms with Crippen LogP contribution in [0.3, 0.4) is 0 Å². The first-order chi connectivity index (χ1) is 12.0. The predicted octanol–water partition coefficient (Wildman–Crippen LogP) is 2.88. The lowest BCUT2D eigenvalue weighted by atomic mass is 10.1. The fourth-order valence-electron chi connectivity index (χ4n) is 2.49. The lowest BCUT2D eigenvalue weighted by Crippen LogP contribution is -2.31. The number of amides is 3. The molecule has 1 aliphatic heterocycles. The van der Waals surface area contributed by atoms with Crippen LogP contribution in [0.15, 0.2) is 22.7 Å². The van der Waals surface area contributed by atoms with Crippen molar-refractivity contribution in [3.63, 3.8) is 0 Å². The molecule has 9 heteroatoms. The van der Waals surface area contributed by atoms with E-state index in [1.54, 1.807) is 18.2 Å². The Labute approximate surface area is 156 Å². The van der Waals surface area contributed by atoms with Gasteiger partial charge in [-0.25, -0.2) is 0 Å². The van der Waals surface area contributed by atoms with Crippen molar-refractivity contribution in [1.82, 2.24) is 15.1 Å². The molecule has 0 atom stereocenters. The zero-order valence-electron chi connectivity index (χ0n) is 13.4. The molecular weight excluding hydrogens is 408 g/mol. The minimum absolute atomic E-state index is 0.193. The molecule has 1 aromatic carbocycles. The Kier molecular flexibility index (Phi) is 5.24. The van der Waals surface area contributed by atoms with Crippen molar-refractivity contribution < 1.29 is 14.4 Å². The van der Waals surface area contributed by atoms with Crippen LogP contribution in [0.2, 0.25) is 0 Å². The van der Waals surface area contributed by atoms with Crippen LogP contribution in [0.1, 0.15) is 45.5 Å². The van der Waals surface area contributed by atoms with Gasteiger partial charge >= 0.3 is 0 Å². The quantitative estimate of drug-likeness (QED) is 0.722. The van der Waals surface area contributed by atoms with E-state index in [0.29, 0.717) is 22.7 Å². The van der Waals surface area contributed by atoms with Crippen LogP contribution in [0.5, 0.6) is 0 Å². The molecule has 0 fully saturated rings. The van der Waals surface area contributed by atoms with E-state index >= 15 is 0 Å². The number of nitrogens with one attached hydrogen (secondary N) is 1. The molecule has 0 unspecified atom stereocenters. The molecule has 0 spiro atoms. The van der Waals surface area contributed by atoms with Crippen LogP contribution < -0.4 is 5.32 Å². The third-order valence-corrected chi connectivity index (χ3v) is 5.21. The standard InChI is InChI=1S/C16H15BrN4O3S/c1-2-13-19-20-16(25-13)18-12(22)4-3-7-21-14(23)10-6-5-9(17)8-11(10)15(21)24/h5-6,8H,2-4,7H2,1H3,(H,18,20,22). The highest BCUT2D eigenvalue weighted by Gasteiger charge is 2.35. The summed E-state index contributed by atoms with van der Waals surface area (Å²) in [6, 6.07) is 5.00. The maximum atomic E-state index is 12.3. The summed E-state index contributed by atoms with van der Waals surface area (Å²) in [6.07, 6.45) is 1.35. The first-order valence-electron chi connectivity index (χ1n) is 7.77. The third kappa shape index (κ3) is 3.77. The second-order valence-corrected chi connectivity index (χ2v) is 7.44. The molecule has 3 rings (SSSR count). The molecule has 0 aliphatic carbocycles. The highest BCUT2D eigenvalue weighted by molar-refractivity contribution is 9.10.